The number of amides is 2. The Balaban J connectivity index is 2.06. The van der Waals surface area contributed by atoms with E-state index >= 15 is 0 Å². The first-order chi connectivity index (χ1) is 7.74. The molecule has 1 rings (SSSR count). The molecule has 1 aliphatic heterocycles. The van der Waals surface area contributed by atoms with Crippen molar-refractivity contribution in [2.45, 2.75) is 32.6 Å². The summed E-state index contributed by atoms with van der Waals surface area (Å²) in [6, 6.07) is 0.101. The third kappa shape index (κ3) is 4.84. The minimum Gasteiger partial charge on any atom is -0.385 e. The monoisotopic (exact) mass is 228 g/mol. The van der Waals surface area contributed by atoms with E-state index in [-0.39, 0.29) is 6.03 Å². The molecule has 0 spiro atoms. The molecule has 0 bridgehead atoms. The van der Waals surface area contributed by atoms with Gasteiger partial charge in [-0.25, -0.2) is 4.79 Å². The number of hydrogen-bond donors (Lipinski definition) is 1. The summed E-state index contributed by atoms with van der Waals surface area (Å²) in [4.78, 5) is 13.6. The average molecular weight is 228 g/mol. The number of rotatable bonds is 5. The standard InChI is InChI=1S/C12H24N2O2/c1-11-5-8-14(9-6-11)12(15)13-7-3-4-10-16-2/h11H,3-10H2,1-2H3,(H,13,15). The number of carbonyl (C=O) groups excluding carboxylic acids is 1. The summed E-state index contributed by atoms with van der Waals surface area (Å²) >= 11 is 0. The van der Waals surface area contributed by atoms with Crippen molar-refractivity contribution < 1.29 is 9.53 Å². The van der Waals surface area contributed by atoms with E-state index in [1.54, 1.807) is 7.11 Å². The van der Waals surface area contributed by atoms with Crippen LogP contribution >= 0.6 is 0 Å². The van der Waals surface area contributed by atoms with Crippen LogP contribution in [0.15, 0.2) is 0 Å². The number of nitrogens with zero attached hydrogens (tertiary/aromatic N) is 1. The lowest BCUT2D eigenvalue weighted by Crippen LogP contribution is -2.44. The van der Waals surface area contributed by atoms with E-state index in [9.17, 15) is 4.79 Å². The second-order valence-electron chi connectivity index (χ2n) is 4.60. The van der Waals surface area contributed by atoms with Crippen LogP contribution in [0.5, 0.6) is 0 Å². The molecule has 0 aliphatic carbocycles. The van der Waals surface area contributed by atoms with E-state index < -0.39 is 0 Å². The lowest BCUT2D eigenvalue weighted by Gasteiger charge is -2.30. The van der Waals surface area contributed by atoms with Gasteiger partial charge < -0.3 is 15.0 Å². The van der Waals surface area contributed by atoms with Gasteiger partial charge in [-0.1, -0.05) is 6.92 Å². The molecule has 4 nitrogen and oxygen atoms in total. The molecule has 1 fully saturated rings. The Bertz CT molecular complexity index is 201. The minimum atomic E-state index is 0.101. The van der Waals surface area contributed by atoms with Gasteiger partial charge in [0.25, 0.3) is 0 Å². The van der Waals surface area contributed by atoms with Gasteiger partial charge in [-0.3, -0.25) is 0 Å². The lowest BCUT2D eigenvalue weighted by atomic mass is 10.00. The van der Waals surface area contributed by atoms with Gasteiger partial charge in [0.05, 0.1) is 0 Å². The molecule has 1 aliphatic rings. The number of ether oxygens (including phenoxy) is 1. The highest BCUT2D eigenvalue weighted by Gasteiger charge is 2.19. The Labute approximate surface area is 98.3 Å². The summed E-state index contributed by atoms with van der Waals surface area (Å²) in [7, 11) is 1.70. The first-order valence-corrected chi connectivity index (χ1v) is 6.25. The predicted octanol–water partition coefficient (Wildman–Crippen LogP) is 1.85. The molecule has 0 aromatic carbocycles. The average Bonchev–Trinajstić information content (AvgIpc) is 2.29. The molecule has 16 heavy (non-hydrogen) atoms. The zero-order valence-corrected chi connectivity index (χ0v) is 10.5. The Kier molecular flexibility index (Phi) is 6.23. The molecule has 0 radical (unpaired) electrons. The SMILES string of the molecule is COCCCCNC(=O)N1CCC(C)CC1. The van der Waals surface area contributed by atoms with Crippen LogP contribution in [0, 0.1) is 5.92 Å². The van der Waals surface area contributed by atoms with Crippen LogP contribution in [0.4, 0.5) is 4.79 Å². The van der Waals surface area contributed by atoms with Crippen LogP contribution in [-0.4, -0.2) is 44.3 Å². The van der Waals surface area contributed by atoms with E-state index in [0.717, 1.165) is 57.8 Å². The summed E-state index contributed by atoms with van der Waals surface area (Å²) in [6.45, 7) is 5.60. The molecule has 0 atom stereocenters. The van der Waals surface area contributed by atoms with E-state index in [1.165, 1.54) is 0 Å². The minimum absolute atomic E-state index is 0.101. The Hall–Kier alpha value is -0.770. The molecule has 2 amide bonds. The van der Waals surface area contributed by atoms with Crippen molar-refractivity contribution >= 4 is 6.03 Å². The van der Waals surface area contributed by atoms with Gasteiger partial charge in [0.1, 0.15) is 0 Å². The molecule has 0 aromatic heterocycles. The highest BCUT2D eigenvalue weighted by Crippen LogP contribution is 2.15. The first kappa shape index (κ1) is 13.3. The van der Waals surface area contributed by atoms with Crippen LogP contribution in [-0.2, 0) is 4.74 Å². The highest BCUT2D eigenvalue weighted by molar-refractivity contribution is 5.74. The fraction of sp³-hybridized carbons (Fsp3) is 0.917. The van der Waals surface area contributed by atoms with Gasteiger partial charge in [-0.15, -0.1) is 0 Å². The Morgan fingerprint density at radius 2 is 2.06 bits per heavy atom. The second-order valence-corrected chi connectivity index (χ2v) is 4.60. The van der Waals surface area contributed by atoms with Crippen molar-refractivity contribution in [3.63, 3.8) is 0 Å². The zero-order chi connectivity index (χ0) is 11.8. The summed E-state index contributed by atoms with van der Waals surface area (Å²) in [5.41, 5.74) is 0. The summed E-state index contributed by atoms with van der Waals surface area (Å²) in [5.74, 6) is 0.769. The summed E-state index contributed by atoms with van der Waals surface area (Å²) < 4.78 is 4.95. The molecule has 0 saturated carbocycles. The highest BCUT2D eigenvalue weighted by atomic mass is 16.5. The molecule has 1 N–H and O–H groups in total. The maximum atomic E-state index is 11.7. The van der Waals surface area contributed by atoms with Crippen LogP contribution < -0.4 is 5.32 Å². The predicted molar refractivity (Wildman–Crippen MR) is 64.5 cm³/mol. The number of likely N-dealkylation sites (tertiary alicyclic amines) is 1. The summed E-state index contributed by atoms with van der Waals surface area (Å²) in [5, 5.41) is 2.96. The van der Waals surface area contributed by atoms with Crippen LogP contribution in [0.1, 0.15) is 32.6 Å². The topological polar surface area (TPSA) is 41.6 Å². The van der Waals surface area contributed by atoms with E-state index in [0.29, 0.717) is 0 Å². The van der Waals surface area contributed by atoms with E-state index in [4.69, 9.17) is 4.74 Å². The van der Waals surface area contributed by atoms with Crippen LogP contribution in [0.3, 0.4) is 0 Å². The largest absolute Gasteiger partial charge is 0.385 e. The van der Waals surface area contributed by atoms with Gasteiger partial charge in [0, 0.05) is 33.4 Å². The van der Waals surface area contributed by atoms with E-state index in [2.05, 4.69) is 12.2 Å². The van der Waals surface area contributed by atoms with Gasteiger partial charge in [-0.2, -0.15) is 0 Å². The molecule has 94 valence electrons. The number of carbonyl (C=O) groups is 1. The summed E-state index contributed by atoms with van der Waals surface area (Å²) in [6.07, 6.45) is 4.27. The maximum Gasteiger partial charge on any atom is 0.317 e. The lowest BCUT2D eigenvalue weighted by molar-refractivity contribution is 0.172. The number of piperidine rings is 1. The van der Waals surface area contributed by atoms with E-state index in [1.807, 2.05) is 4.90 Å². The Morgan fingerprint density at radius 1 is 1.38 bits per heavy atom. The van der Waals surface area contributed by atoms with Gasteiger partial charge in [0.15, 0.2) is 0 Å². The van der Waals surface area contributed by atoms with Gasteiger partial charge >= 0.3 is 6.03 Å². The van der Waals surface area contributed by atoms with Crippen molar-refractivity contribution in [2.75, 3.05) is 33.4 Å². The number of urea groups is 1. The smallest absolute Gasteiger partial charge is 0.317 e. The van der Waals surface area contributed by atoms with Crippen molar-refractivity contribution in [3.8, 4) is 0 Å². The van der Waals surface area contributed by atoms with Crippen molar-refractivity contribution in [1.82, 2.24) is 10.2 Å². The molecule has 1 saturated heterocycles. The maximum absolute atomic E-state index is 11.7. The zero-order valence-electron chi connectivity index (χ0n) is 10.5. The number of nitrogens with one attached hydrogen (secondary N) is 1. The van der Waals surface area contributed by atoms with Crippen molar-refractivity contribution in [2.24, 2.45) is 5.92 Å². The molecule has 4 heteroatoms. The number of hydrogen-bond acceptors (Lipinski definition) is 2. The van der Waals surface area contributed by atoms with Crippen molar-refractivity contribution in [1.29, 1.82) is 0 Å². The third-order valence-corrected chi connectivity index (χ3v) is 3.12. The second kappa shape index (κ2) is 7.49. The molecular formula is C12H24N2O2. The van der Waals surface area contributed by atoms with Crippen molar-refractivity contribution in [3.05, 3.63) is 0 Å². The number of methoxy groups -OCH3 is 1. The fourth-order valence-corrected chi connectivity index (χ4v) is 1.89. The molecule has 1 heterocycles. The van der Waals surface area contributed by atoms with Crippen LogP contribution in [0.2, 0.25) is 0 Å². The normalized spacial score (nSPS) is 17.5. The quantitative estimate of drug-likeness (QED) is 0.730. The van der Waals surface area contributed by atoms with Crippen LogP contribution in [0.25, 0.3) is 0 Å². The first-order valence-electron chi connectivity index (χ1n) is 6.25. The van der Waals surface area contributed by atoms with Gasteiger partial charge in [0.2, 0.25) is 0 Å². The van der Waals surface area contributed by atoms with Gasteiger partial charge in [-0.05, 0) is 31.6 Å². The molecule has 0 unspecified atom stereocenters. The third-order valence-electron chi connectivity index (χ3n) is 3.12. The fourth-order valence-electron chi connectivity index (χ4n) is 1.89. The molecular weight excluding hydrogens is 204 g/mol. The molecule has 0 aromatic rings. The number of unbranched alkanes of at least 4 members (excludes halogenated alkanes) is 1. The Morgan fingerprint density at radius 3 is 2.69 bits per heavy atom.